The maximum Gasteiger partial charge on any atom is 0.176 e. The minimum absolute atomic E-state index is 0.0852. The van der Waals surface area contributed by atoms with Crippen LogP contribution in [0.15, 0.2) is 24.3 Å². The minimum Gasteiger partial charge on any atom is -0.395 e. The second-order valence-electron chi connectivity index (χ2n) is 4.36. The molecule has 92 valence electrons. The van der Waals surface area contributed by atoms with Crippen LogP contribution in [0.4, 0.5) is 0 Å². The number of aliphatic hydroxyl groups excluding tert-OH is 1. The molecule has 0 unspecified atom stereocenters. The molecule has 3 nitrogen and oxygen atoms in total. The highest BCUT2D eigenvalue weighted by Crippen LogP contribution is 2.26. The molecule has 0 aromatic heterocycles. The molecular weight excluding hydrogens is 238 g/mol. The molecule has 4 heteroatoms. The summed E-state index contributed by atoms with van der Waals surface area (Å²) in [5.74, 6) is 0.0852. The third-order valence-electron chi connectivity index (χ3n) is 2.96. The van der Waals surface area contributed by atoms with Gasteiger partial charge in [-0.2, -0.15) is 0 Å². The van der Waals surface area contributed by atoms with E-state index in [1.54, 1.807) is 24.3 Å². The number of aliphatic hydroxyl groups is 1. The van der Waals surface area contributed by atoms with Crippen LogP contribution in [0.2, 0.25) is 5.02 Å². The summed E-state index contributed by atoms with van der Waals surface area (Å²) in [5.41, 5.74) is 0.679. The second kappa shape index (κ2) is 5.63. The van der Waals surface area contributed by atoms with Crippen molar-refractivity contribution in [3.05, 3.63) is 34.9 Å². The van der Waals surface area contributed by atoms with Crippen LogP contribution >= 0.6 is 11.6 Å². The van der Waals surface area contributed by atoms with Gasteiger partial charge < -0.3 is 5.11 Å². The van der Waals surface area contributed by atoms with Crippen LogP contribution in [0.3, 0.4) is 0 Å². The maximum atomic E-state index is 12.0. The van der Waals surface area contributed by atoms with Crippen molar-refractivity contribution in [2.75, 3.05) is 19.7 Å². The van der Waals surface area contributed by atoms with Gasteiger partial charge in [0, 0.05) is 23.2 Å². The van der Waals surface area contributed by atoms with Crippen molar-refractivity contribution in [3.8, 4) is 0 Å². The van der Waals surface area contributed by atoms with Gasteiger partial charge in [0.2, 0.25) is 0 Å². The minimum atomic E-state index is 0.0852. The van der Waals surface area contributed by atoms with Crippen molar-refractivity contribution in [2.45, 2.75) is 18.9 Å². The standard InChI is InChI=1S/C13H16ClNO2/c14-11-3-1-10(2-4-11)13(17)9-15(7-8-16)12-5-6-12/h1-4,12,16H,5-9H2. The Morgan fingerprint density at radius 2 is 2.00 bits per heavy atom. The third kappa shape index (κ3) is 3.53. The summed E-state index contributed by atoms with van der Waals surface area (Å²) in [6.45, 7) is 1.06. The van der Waals surface area contributed by atoms with Gasteiger partial charge in [0.1, 0.15) is 0 Å². The van der Waals surface area contributed by atoms with E-state index in [9.17, 15) is 4.79 Å². The largest absolute Gasteiger partial charge is 0.395 e. The zero-order chi connectivity index (χ0) is 12.3. The van der Waals surface area contributed by atoms with E-state index in [0.717, 1.165) is 12.8 Å². The first-order chi connectivity index (χ1) is 8.20. The molecule has 17 heavy (non-hydrogen) atoms. The average molecular weight is 254 g/mol. The van der Waals surface area contributed by atoms with Crippen molar-refractivity contribution in [2.24, 2.45) is 0 Å². The van der Waals surface area contributed by atoms with Gasteiger partial charge in [0.15, 0.2) is 5.78 Å². The molecule has 1 aromatic carbocycles. The van der Waals surface area contributed by atoms with Crippen LogP contribution in [-0.4, -0.2) is 41.5 Å². The van der Waals surface area contributed by atoms with Crippen molar-refractivity contribution >= 4 is 17.4 Å². The molecule has 0 bridgehead atoms. The number of Topliss-reactive ketones (excluding diaryl/α,β-unsaturated/α-hetero) is 1. The van der Waals surface area contributed by atoms with Gasteiger partial charge in [-0.25, -0.2) is 0 Å². The van der Waals surface area contributed by atoms with E-state index in [-0.39, 0.29) is 12.4 Å². The Labute approximate surface area is 106 Å². The number of carbonyl (C=O) groups is 1. The second-order valence-corrected chi connectivity index (χ2v) is 4.79. The molecule has 1 aromatic rings. The highest BCUT2D eigenvalue weighted by atomic mass is 35.5. The lowest BCUT2D eigenvalue weighted by Gasteiger charge is -2.19. The summed E-state index contributed by atoms with van der Waals surface area (Å²) >= 11 is 5.78. The summed E-state index contributed by atoms with van der Waals surface area (Å²) < 4.78 is 0. The molecule has 1 fully saturated rings. The first-order valence-electron chi connectivity index (χ1n) is 5.84. The number of ketones is 1. The lowest BCUT2D eigenvalue weighted by atomic mass is 10.1. The fourth-order valence-corrected chi connectivity index (χ4v) is 2.00. The summed E-state index contributed by atoms with van der Waals surface area (Å²) in [6.07, 6.45) is 2.27. The van der Waals surface area contributed by atoms with E-state index in [1.807, 2.05) is 0 Å². The fourth-order valence-electron chi connectivity index (χ4n) is 1.87. The fraction of sp³-hybridized carbons (Fsp3) is 0.462. The highest BCUT2D eigenvalue weighted by molar-refractivity contribution is 6.30. The Hall–Kier alpha value is -0.900. The number of nitrogens with zero attached hydrogens (tertiary/aromatic N) is 1. The van der Waals surface area contributed by atoms with Crippen molar-refractivity contribution in [1.82, 2.24) is 4.90 Å². The lowest BCUT2D eigenvalue weighted by molar-refractivity contribution is 0.0907. The molecule has 1 aliphatic rings. The van der Waals surface area contributed by atoms with E-state index < -0.39 is 0 Å². The summed E-state index contributed by atoms with van der Waals surface area (Å²) in [7, 11) is 0. The highest BCUT2D eigenvalue weighted by Gasteiger charge is 2.29. The van der Waals surface area contributed by atoms with Crippen LogP contribution < -0.4 is 0 Å². The Morgan fingerprint density at radius 3 is 2.53 bits per heavy atom. The number of rotatable bonds is 6. The van der Waals surface area contributed by atoms with Crippen molar-refractivity contribution in [3.63, 3.8) is 0 Å². The van der Waals surface area contributed by atoms with Crippen LogP contribution in [0, 0.1) is 0 Å². The molecule has 1 saturated carbocycles. The number of carbonyl (C=O) groups excluding carboxylic acids is 1. The van der Waals surface area contributed by atoms with E-state index in [2.05, 4.69) is 4.90 Å². The quantitative estimate of drug-likeness (QED) is 0.789. The zero-order valence-electron chi connectivity index (χ0n) is 9.60. The maximum absolute atomic E-state index is 12.0. The molecule has 0 radical (unpaired) electrons. The van der Waals surface area contributed by atoms with Crippen LogP contribution in [0.5, 0.6) is 0 Å². The zero-order valence-corrected chi connectivity index (χ0v) is 10.4. The predicted molar refractivity (Wildman–Crippen MR) is 67.5 cm³/mol. The summed E-state index contributed by atoms with van der Waals surface area (Å²) in [4.78, 5) is 14.1. The molecule has 0 heterocycles. The SMILES string of the molecule is O=C(CN(CCO)C1CC1)c1ccc(Cl)cc1. The van der Waals surface area contributed by atoms with Crippen LogP contribution in [0.1, 0.15) is 23.2 Å². The molecule has 0 aliphatic heterocycles. The molecule has 1 N–H and O–H groups in total. The summed E-state index contributed by atoms with van der Waals surface area (Å²) in [6, 6.07) is 7.42. The molecule has 0 amide bonds. The normalized spacial score (nSPS) is 15.2. The van der Waals surface area contributed by atoms with E-state index in [4.69, 9.17) is 16.7 Å². The molecule has 0 saturated heterocycles. The van der Waals surface area contributed by atoms with Gasteiger partial charge in [-0.15, -0.1) is 0 Å². The van der Waals surface area contributed by atoms with Gasteiger partial charge in [-0.3, -0.25) is 9.69 Å². The molecule has 0 spiro atoms. The van der Waals surface area contributed by atoms with Crippen LogP contribution in [0.25, 0.3) is 0 Å². The Morgan fingerprint density at radius 1 is 1.35 bits per heavy atom. The molecule has 0 atom stereocenters. The Balaban J connectivity index is 1.97. The third-order valence-corrected chi connectivity index (χ3v) is 3.22. The molecular formula is C13H16ClNO2. The average Bonchev–Trinajstić information content (AvgIpc) is 3.13. The van der Waals surface area contributed by atoms with Gasteiger partial charge in [0.05, 0.1) is 13.2 Å². The Bertz CT molecular complexity index is 387. The smallest absolute Gasteiger partial charge is 0.176 e. The lowest BCUT2D eigenvalue weighted by Crippen LogP contribution is -2.34. The predicted octanol–water partition coefficient (Wildman–Crippen LogP) is 1.98. The van der Waals surface area contributed by atoms with E-state index >= 15 is 0 Å². The number of halogens is 1. The molecule has 1 aliphatic carbocycles. The number of hydrogen-bond donors (Lipinski definition) is 1. The van der Waals surface area contributed by atoms with Crippen molar-refractivity contribution in [1.29, 1.82) is 0 Å². The summed E-state index contributed by atoms with van der Waals surface area (Å²) in [5, 5.41) is 9.60. The monoisotopic (exact) mass is 253 g/mol. The van der Waals surface area contributed by atoms with E-state index in [0.29, 0.717) is 29.7 Å². The molecule has 2 rings (SSSR count). The number of benzene rings is 1. The van der Waals surface area contributed by atoms with Crippen molar-refractivity contribution < 1.29 is 9.90 Å². The Kier molecular flexibility index (Phi) is 4.15. The first kappa shape index (κ1) is 12.6. The van der Waals surface area contributed by atoms with Gasteiger partial charge in [-0.05, 0) is 37.1 Å². The van der Waals surface area contributed by atoms with Gasteiger partial charge in [0.25, 0.3) is 0 Å². The van der Waals surface area contributed by atoms with Gasteiger partial charge in [-0.1, -0.05) is 11.6 Å². The topological polar surface area (TPSA) is 40.5 Å². The van der Waals surface area contributed by atoms with Gasteiger partial charge >= 0.3 is 0 Å². The van der Waals surface area contributed by atoms with Crippen LogP contribution in [-0.2, 0) is 0 Å². The first-order valence-corrected chi connectivity index (χ1v) is 6.22. The van der Waals surface area contributed by atoms with E-state index in [1.165, 1.54) is 0 Å². The number of hydrogen-bond acceptors (Lipinski definition) is 3.